The van der Waals surface area contributed by atoms with E-state index in [0.29, 0.717) is 12.5 Å². The third-order valence-corrected chi connectivity index (χ3v) is 6.14. The molecule has 1 aromatic heterocycles. The van der Waals surface area contributed by atoms with E-state index < -0.39 is 0 Å². The highest BCUT2D eigenvalue weighted by Crippen LogP contribution is 2.38. The van der Waals surface area contributed by atoms with Crippen molar-refractivity contribution in [3.8, 4) is 11.1 Å². The topological polar surface area (TPSA) is 51.4 Å². The number of anilines is 1. The second kappa shape index (κ2) is 8.82. The number of pyridine rings is 1. The lowest BCUT2D eigenvalue weighted by atomic mass is 9.85. The quantitative estimate of drug-likeness (QED) is 0.553. The molecule has 2 atom stereocenters. The lowest BCUT2D eigenvalue weighted by molar-refractivity contribution is -0.152. The van der Waals surface area contributed by atoms with Gasteiger partial charge in [0.25, 0.3) is 0 Å². The van der Waals surface area contributed by atoms with Crippen molar-refractivity contribution in [2.45, 2.75) is 31.4 Å². The summed E-state index contributed by atoms with van der Waals surface area (Å²) in [7, 11) is 0. The average Bonchev–Trinajstić information content (AvgIpc) is 2.80. The minimum atomic E-state index is -0.273. The number of hydrogen-bond acceptors (Lipinski definition) is 4. The molecule has 1 saturated heterocycles. The Hall–Kier alpha value is -2.95. The number of hydrogen-bond donors (Lipinski definition) is 1. The Morgan fingerprint density at radius 3 is 2.43 bits per heavy atom. The average molecular weight is 400 g/mol. The summed E-state index contributed by atoms with van der Waals surface area (Å²) in [6.07, 6.45) is 5.55. The van der Waals surface area contributed by atoms with Gasteiger partial charge in [0, 0.05) is 24.3 Å². The van der Waals surface area contributed by atoms with Crippen LogP contribution in [0.1, 0.15) is 36.9 Å². The second-order valence-electron chi connectivity index (χ2n) is 7.96. The Morgan fingerprint density at radius 2 is 1.83 bits per heavy atom. The summed E-state index contributed by atoms with van der Waals surface area (Å²) in [5, 5.41) is 0. The SMILES string of the molecule is C=CC[C@]1(c2ccccc2)CCN([C@@H](C)c2ccc(-c3ccc(N)nc3)cc2)CO1. The van der Waals surface area contributed by atoms with Crippen LogP contribution < -0.4 is 5.73 Å². The molecule has 4 rings (SSSR count). The van der Waals surface area contributed by atoms with Gasteiger partial charge in [0.2, 0.25) is 0 Å². The molecule has 0 spiro atoms. The van der Waals surface area contributed by atoms with Crippen LogP contribution in [0.2, 0.25) is 0 Å². The van der Waals surface area contributed by atoms with E-state index in [4.69, 9.17) is 10.5 Å². The minimum Gasteiger partial charge on any atom is -0.384 e. The van der Waals surface area contributed by atoms with Gasteiger partial charge in [-0.3, -0.25) is 4.90 Å². The minimum absolute atomic E-state index is 0.273. The number of aromatic nitrogens is 1. The van der Waals surface area contributed by atoms with Crippen molar-refractivity contribution < 1.29 is 4.74 Å². The standard InChI is InChI=1S/C26H29N3O/c1-3-15-26(24-7-5-4-6-8-24)16-17-29(19-30-26)20(2)21-9-11-22(12-10-21)23-13-14-25(27)28-18-23/h3-14,18,20H,1,15-17,19H2,2H3,(H2,27,28)/t20-,26+/m0/s1. The fourth-order valence-corrected chi connectivity index (χ4v) is 4.20. The number of benzene rings is 2. The molecule has 0 saturated carbocycles. The Kier molecular flexibility index (Phi) is 5.98. The number of rotatable bonds is 6. The maximum absolute atomic E-state index is 6.49. The van der Waals surface area contributed by atoms with E-state index in [1.165, 1.54) is 11.1 Å². The van der Waals surface area contributed by atoms with Crippen LogP contribution in [-0.4, -0.2) is 23.2 Å². The zero-order chi connectivity index (χ0) is 21.0. The Labute approximate surface area is 179 Å². The monoisotopic (exact) mass is 399 g/mol. The molecule has 0 unspecified atom stereocenters. The number of nitrogen functional groups attached to an aromatic ring is 1. The highest BCUT2D eigenvalue weighted by atomic mass is 16.5. The van der Waals surface area contributed by atoms with Crippen LogP contribution in [0.15, 0.2) is 85.6 Å². The van der Waals surface area contributed by atoms with Gasteiger partial charge in [0.1, 0.15) is 12.5 Å². The van der Waals surface area contributed by atoms with Gasteiger partial charge in [-0.15, -0.1) is 6.58 Å². The predicted molar refractivity (Wildman–Crippen MR) is 123 cm³/mol. The molecular weight excluding hydrogens is 370 g/mol. The van der Waals surface area contributed by atoms with Crippen molar-refractivity contribution >= 4 is 5.82 Å². The lowest BCUT2D eigenvalue weighted by Crippen LogP contribution is -2.45. The summed E-state index contributed by atoms with van der Waals surface area (Å²) in [6, 6.07) is 23.3. The first-order valence-electron chi connectivity index (χ1n) is 10.5. The van der Waals surface area contributed by atoms with E-state index in [0.717, 1.165) is 30.5 Å². The summed E-state index contributed by atoms with van der Waals surface area (Å²) < 4.78 is 6.49. The molecule has 2 heterocycles. The van der Waals surface area contributed by atoms with Gasteiger partial charge >= 0.3 is 0 Å². The normalized spacial score (nSPS) is 20.6. The Morgan fingerprint density at radius 1 is 1.10 bits per heavy atom. The third-order valence-electron chi connectivity index (χ3n) is 6.14. The largest absolute Gasteiger partial charge is 0.384 e. The van der Waals surface area contributed by atoms with Crippen LogP contribution in [0.25, 0.3) is 11.1 Å². The van der Waals surface area contributed by atoms with Crippen molar-refractivity contribution in [1.29, 1.82) is 0 Å². The zero-order valence-corrected chi connectivity index (χ0v) is 17.5. The van der Waals surface area contributed by atoms with Gasteiger partial charge in [-0.2, -0.15) is 0 Å². The molecule has 4 nitrogen and oxygen atoms in total. The highest BCUT2D eigenvalue weighted by molar-refractivity contribution is 5.63. The molecule has 1 aliphatic rings. The van der Waals surface area contributed by atoms with Gasteiger partial charge in [0.05, 0.1) is 5.60 Å². The van der Waals surface area contributed by atoms with Crippen molar-refractivity contribution in [2.24, 2.45) is 0 Å². The number of ether oxygens (including phenoxy) is 1. The maximum Gasteiger partial charge on any atom is 0.123 e. The molecule has 1 fully saturated rings. The van der Waals surface area contributed by atoms with Crippen LogP contribution in [0.3, 0.4) is 0 Å². The van der Waals surface area contributed by atoms with Crippen molar-refractivity contribution in [2.75, 3.05) is 19.0 Å². The van der Waals surface area contributed by atoms with Crippen LogP contribution >= 0.6 is 0 Å². The third kappa shape index (κ3) is 4.16. The lowest BCUT2D eigenvalue weighted by Gasteiger charge is -2.44. The van der Waals surface area contributed by atoms with E-state index in [-0.39, 0.29) is 11.6 Å². The Bertz CT molecular complexity index is 959. The summed E-state index contributed by atoms with van der Waals surface area (Å²) >= 11 is 0. The molecule has 2 aromatic carbocycles. The second-order valence-corrected chi connectivity index (χ2v) is 7.96. The Balaban J connectivity index is 1.45. The molecule has 0 radical (unpaired) electrons. The molecule has 0 aliphatic carbocycles. The summed E-state index contributed by atoms with van der Waals surface area (Å²) in [5.74, 6) is 0.539. The first kappa shape index (κ1) is 20.3. The summed E-state index contributed by atoms with van der Waals surface area (Å²) in [5.41, 5.74) is 10.1. The summed E-state index contributed by atoms with van der Waals surface area (Å²) in [6.45, 7) is 7.79. The van der Waals surface area contributed by atoms with E-state index in [1.807, 2.05) is 30.5 Å². The first-order chi connectivity index (χ1) is 14.6. The van der Waals surface area contributed by atoms with Crippen molar-refractivity contribution in [3.63, 3.8) is 0 Å². The van der Waals surface area contributed by atoms with Crippen LogP contribution in [0, 0.1) is 0 Å². The zero-order valence-electron chi connectivity index (χ0n) is 17.5. The molecule has 0 amide bonds. The predicted octanol–water partition coefficient (Wildman–Crippen LogP) is 5.54. The van der Waals surface area contributed by atoms with E-state index in [2.05, 4.69) is 71.9 Å². The van der Waals surface area contributed by atoms with Crippen molar-refractivity contribution in [1.82, 2.24) is 9.88 Å². The summed E-state index contributed by atoms with van der Waals surface area (Å²) in [4.78, 5) is 6.58. The number of nitrogens with zero attached hydrogens (tertiary/aromatic N) is 2. The van der Waals surface area contributed by atoms with Gasteiger partial charge in [-0.1, -0.05) is 60.7 Å². The van der Waals surface area contributed by atoms with Gasteiger partial charge in [0.15, 0.2) is 0 Å². The maximum atomic E-state index is 6.49. The first-order valence-corrected chi connectivity index (χ1v) is 10.5. The molecule has 0 bridgehead atoms. The molecule has 1 aliphatic heterocycles. The fraction of sp³-hybridized carbons (Fsp3) is 0.269. The van der Waals surface area contributed by atoms with E-state index in [1.54, 1.807) is 0 Å². The smallest absolute Gasteiger partial charge is 0.123 e. The van der Waals surface area contributed by atoms with Crippen LogP contribution in [0.4, 0.5) is 5.82 Å². The molecule has 30 heavy (non-hydrogen) atoms. The molecule has 3 aromatic rings. The van der Waals surface area contributed by atoms with E-state index >= 15 is 0 Å². The van der Waals surface area contributed by atoms with Gasteiger partial charge in [-0.25, -0.2) is 4.98 Å². The molecule has 2 N–H and O–H groups in total. The fourth-order valence-electron chi connectivity index (χ4n) is 4.20. The van der Waals surface area contributed by atoms with Crippen LogP contribution in [-0.2, 0) is 10.3 Å². The van der Waals surface area contributed by atoms with E-state index in [9.17, 15) is 0 Å². The highest BCUT2D eigenvalue weighted by Gasteiger charge is 2.37. The van der Waals surface area contributed by atoms with Crippen LogP contribution in [0.5, 0.6) is 0 Å². The van der Waals surface area contributed by atoms with Gasteiger partial charge in [-0.05, 0) is 48.6 Å². The number of nitrogens with two attached hydrogens (primary N) is 1. The molecule has 4 heteroatoms. The van der Waals surface area contributed by atoms with Crippen molar-refractivity contribution in [3.05, 3.63) is 96.7 Å². The molecular formula is C26H29N3O. The molecule has 154 valence electrons. The van der Waals surface area contributed by atoms with Gasteiger partial charge < -0.3 is 10.5 Å².